The summed E-state index contributed by atoms with van der Waals surface area (Å²) in [7, 11) is 0. The van der Waals surface area contributed by atoms with Gasteiger partial charge in [0.15, 0.2) is 0 Å². The molecule has 0 aromatic heterocycles. The van der Waals surface area contributed by atoms with Crippen LogP contribution in [0.25, 0.3) is 0 Å². The molecule has 2 heteroatoms. The van der Waals surface area contributed by atoms with Gasteiger partial charge in [0.1, 0.15) is 6.10 Å². The third-order valence-corrected chi connectivity index (χ3v) is 5.74. The Morgan fingerprint density at radius 3 is 1.26 bits per heavy atom. The molecule has 0 spiro atoms. The molecule has 0 aromatic rings. The molecule has 1 unspecified atom stereocenters. The molecule has 2 nitrogen and oxygen atoms in total. The van der Waals surface area contributed by atoms with Crippen molar-refractivity contribution in [2.75, 3.05) is 0 Å². The van der Waals surface area contributed by atoms with Gasteiger partial charge in [0.05, 0.1) is 0 Å². The van der Waals surface area contributed by atoms with Crippen LogP contribution in [0.3, 0.4) is 0 Å². The summed E-state index contributed by atoms with van der Waals surface area (Å²) in [6, 6.07) is 0. The van der Waals surface area contributed by atoms with Crippen molar-refractivity contribution in [3.63, 3.8) is 0 Å². The largest absolute Gasteiger partial charge is 0.462 e. The average Bonchev–Trinajstić information content (AvgIpc) is 2.64. The first-order valence-corrected chi connectivity index (χ1v) is 12.3. The molecular formula is C25H50O2. The van der Waals surface area contributed by atoms with Gasteiger partial charge in [-0.1, -0.05) is 124 Å². The smallest absolute Gasteiger partial charge is 0.306 e. The molecule has 0 saturated carbocycles. The maximum atomic E-state index is 11.7. The number of rotatable bonds is 20. The van der Waals surface area contributed by atoms with E-state index in [1.165, 1.54) is 103 Å². The molecule has 0 rings (SSSR count). The highest BCUT2D eigenvalue weighted by atomic mass is 16.5. The number of hydrogen-bond donors (Lipinski definition) is 0. The minimum atomic E-state index is -0.0165. The fourth-order valence-electron chi connectivity index (χ4n) is 3.40. The van der Waals surface area contributed by atoms with Crippen molar-refractivity contribution in [1.82, 2.24) is 0 Å². The maximum Gasteiger partial charge on any atom is 0.306 e. The summed E-state index contributed by atoms with van der Waals surface area (Å²) in [6.07, 6.45) is 23.9. The Kier molecular flexibility index (Phi) is 19.8. The first kappa shape index (κ1) is 26.5. The van der Waals surface area contributed by atoms with Gasteiger partial charge in [0.25, 0.3) is 0 Å². The number of ether oxygens (including phenoxy) is 1. The Labute approximate surface area is 171 Å². The van der Waals surface area contributed by atoms with Crippen molar-refractivity contribution in [2.45, 2.75) is 149 Å². The van der Waals surface area contributed by atoms with E-state index < -0.39 is 0 Å². The van der Waals surface area contributed by atoms with Crippen LogP contribution in [-0.4, -0.2) is 12.1 Å². The fraction of sp³-hybridized carbons (Fsp3) is 0.960. The molecule has 0 aliphatic carbocycles. The van der Waals surface area contributed by atoms with Crippen molar-refractivity contribution in [2.24, 2.45) is 5.92 Å². The van der Waals surface area contributed by atoms with Crippen LogP contribution in [0.2, 0.25) is 0 Å². The fourth-order valence-corrected chi connectivity index (χ4v) is 3.40. The number of hydrogen-bond acceptors (Lipinski definition) is 2. The SMILES string of the molecule is CCCCCCCCCCCCCCCCCCCC(=O)OC(C)C(C)C. The van der Waals surface area contributed by atoms with Gasteiger partial charge in [-0.15, -0.1) is 0 Å². The summed E-state index contributed by atoms with van der Waals surface area (Å²) >= 11 is 0. The molecule has 162 valence electrons. The molecule has 0 amide bonds. The predicted octanol–water partition coefficient (Wildman–Crippen LogP) is 8.62. The Morgan fingerprint density at radius 2 is 0.926 bits per heavy atom. The van der Waals surface area contributed by atoms with Gasteiger partial charge >= 0.3 is 5.97 Å². The zero-order valence-electron chi connectivity index (χ0n) is 19.2. The summed E-state index contributed by atoms with van der Waals surface area (Å²) in [6.45, 7) is 8.45. The Morgan fingerprint density at radius 1 is 0.593 bits per heavy atom. The lowest BCUT2D eigenvalue weighted by Crippen LogP contribution is -2.19. The second-order valence-electron chi connectivity index (χ2n) is 8.85. The van der Waals surface area contributed by atoms with Gasteiger partial charge < -0.3 is 4.74 Å². The van der Waals surface area contributed by atoms with Gasteiger partial charge in [-0.3, -0.25) is 4.79 Å². The molecule has 0 bridgehead atoms. The van der Waals surface area contributed by atoms with E-state index >= 15 is 0 Å². The molecule has 0 fully saturated rings. The van der Waals surface area contributed by atoms with Gasteiger partial charge in [-0.05, 0) is 19.3 Å². The molecule has 1 atom stereocenters. The Hall–Kier alpha value is -0.530. The van der Waals surface area contributed by atoms with Crippen LogP contribution in [0, 0.1) is 5.92 Å². The van der Waals surface area contributed by atoms with E-state index in [0.29, 0.717) is 12.3 Å². The molecule has 0 aliphatic heterocycles. The zero-order valence-corrected chi connectivity index (χ0v) is 19.2. The molecule has 27 heavy (non-hydrogen) atoms. The number of carbonyl (C=O) groups is 1. The molecule has 0 aromatic carbocycles. The summed E-state index contributed by atoms with van der Waals surface area (Å²) in [4.78, 5) is 11.7. The maximum absolute atomic E-state index is 11.7. The molecule has 0 radical (unpaired) electrons. The Bertz CT molecular complexity index is 311. The summed E-state index contributed by atoms with van der Waals surface area (Å²) < 4.78 is 5.40. The van der Waals surface area contributed by atoms with Crippen molar-refractivity contribution in [1.29, 1.82) is 0 Å². The second kappa shape index (κ2) is 20.2. The highest BCUT2D eigenvalue weighted by molar-refractivity contribution is 5.69. The van der Waals surface area contributed by atoms with Crippen molar-refractivity contribution in [3.8, 4) is 0 Å². The van der Waals surface area contributed by atoms with E-state index in [9.17, 15) is 4.79 Å². The summed E-state index contributed by atoms with van der Waals surface area (Å²) in [5.41, 5.74) is 0. The third-order valence-electron chi connectivity index (χ3n) is 5.74. The van der Waals surface area contributed by atoms with Crippen LogP contribution in [-0.2, 0) is 9.53 Å². The molecular weight excluding hydrogens is 332 g/mol. The lowest BCUT2D eigenvalue weighted by atomic mass is 10.0. The number of carbonyl (C=O) groups excluding carboxylic acids is 1. The second-order valence-corrected chi connectivity index (χ2v) is 8.85. The van der Waals surface area contributed by atoms with Crippen molar-refractivity contribution >= 4 is 5.97 Å². The van der Waals surface area contributed by atoms with E-state index in [4.69, 9.17) is 4.74 Å². The third kappa shape index (κ3) is 20.0. The zero-order chi connectivity index (χ0) is 20.2. The molecule has 0 heterocycles. The highest BCUT2D eigenvalue weighted by Crippen LogP contribution is 2.14. The van der Waals surface area contributed by atoms with Crippen molar-refractivity contribution < 1.29 is 9.53 Å². The van der Waals surface area contributed by atoms with Crippen LogP contribution in [0.15, 0.2) is 0 Å². The van der Waals surface area contributed by atoms with E-state index in [-0.39, 0.29) is 12.1 Å². The minimum absolute atomic E-state index is 0.0165. The number of esters is 1. The van der Waals surface area contributed by atoms with Gasteiger partial charge in [-0.2, -0.15) is 0 Å². The van der Waals surface area contributed by atoms with Gasteiger partial charge in [0.2, 0.25) is 0 Å². The molecule has 0 saturated heterocycles. The average molecular weight is 383 g/mol. The van der Waals surface area contributed by atoms with Gasteiger partial charge in [0, 0.05) is 6.42 Å². The van der Waals surface area contributed by atoms with E-state index in [1.807, 2.05) is 6.92 Å². The van der Waals surface area contributed by atoms with Crippen LogP contribution in [0.5, 0.6) is 0 Å². The summed E-state index contributed by atoms with van der Waals surface area (Å²) in [5.74, 6) is 0.390. The quantitative estimate of drug-likeness (QED) is 0.155. The topological polar surface area (TPSA) is 26.3 Å². The van der Waals surface area contributed by atoms with Crippen LogP contribution < -0.4 is 0 Å². The van der Waals surface area contributed by atoms with Crippen LogP contribution in [0.4, 0.5) is 0 Å². The van der Waals surface area contributed by atoms with E-state index in [0.717, 1.165) is 6.42 Å². The molecule has 0 N–H and O–H groups in total. The lowest BCUT2D eigenvalue weighted by molar-refractivity contribution is -0.150. The number of unbranched alkanes of at least 4 members (excludes halogenated alkanes) is 16. The monoisotopic (exact) mass is 382 g/mol. The van der Waals surface area contributed by atoms with E-state index in [2.05, 4.69) is 20.8 Å². The Balaban J connectivity index is 3.16. The summed E-state index contributed by atoms with van der Waals surface area (Å²) in [5, 5.41) is 0. The standard InChI is InChI=1S/C25H50O2/c1-5-6-7-8-9-10-11-12-13-14-15-16-17-18-19-20-21-22-25(26)27-24(4)23(2)3/h23-24H,5-22H2,1-4H3. The van der Waals surface area contributed by atoms with Crippen molar-refractivity contribution in [3.05, 3.63) is 0 Å². The van der Waals surface area contributed by atoms with Gasteiger partial charge in [-0.25, -0.2) is 0 Å². The normalized spacial score (nSPS) is 12.5. The minimum Gasteiger partial charge on any atom is -0.462 e. The first-order valence-electron chi connectivity index (χ1n) is 12.3. The lowest BCUT2D eigenvalue weighted by Gasteiger charge is -2.16. The van der Waals surface area contributed by atoms with Crippen LogP contribution >= 0.6 is 0 Å². The predicted molar refractivity (Wildman–Crippen MR) is 119 cm³/mol. The first-order chi connectivity index (χ1) is 13.1. The van der Waals surface area contributed by atoms with E-state index in [1.54, 1.807) is 0 Å². The molecule has 0 aliphatic rings. The van der Waals surface area contributed by atoms with Crippen LogP contribution in [0.1, 0.15) is 143 Å². The highest BCUT2D eigenvalue weighted by Gasteiger charge is 2.12.